The molecule has 0 spiro atoms. The van der Waals surface area contributed by atoms with Crippen molar-refractivity contribution >= 4 is 17.2 Å². The molecule has 0 aliphatic rings. The molecule has 2 aromatic carbocycles. The number of para-hydroxylation sites is 1. The molecule has 134 valence electrons. The minimum Gasteiger partial charge on any atom is -0.488 e. The molecule has 1 aromatic heterocycles. The van der Waals surface area contributed by atoms with Gasteiger partial charge in [-0.3, -0.25) is 4.79 Å². The quantitative estimate of drug-likeness (QED) is 0.686. The van der Waals surface area contributed by atoms with Crippen molar-refractivity contribution in [3.8, 4) is 16.3 Å². The summed E-state index contributed by atoms with van der Waals surface area (Å²) in [6, 6.07) is 13.8. The van der Waals surface area contributed by atoms with Crippen LogP contribution in [0.25, 0.3) is 10.6 Å². The average Bonchev–Trinajstić information content (AvgIpc) is 3.11. The number of benzene rings is 2. The van der Waals surface area contributed by atoms with Gasteiger partial charge < -0.3 is 10.1 Å². The number of carbonyl (C=O) groups is 1. The van der Waals surface area contributed by atoms with Crippen molar-refractivity contribution in [2.75, 3.05) is 0 Å². The molecule has 0 aliphatic heterocycles. The van der Waals surface area contributed by atoms with Gasteiger partial charge in [0.1, 0.15) is 28.9 Å². The van der Waals surface area contributed by atoms with Crippen LogP contribution >= 0.6 is 11.3 Å². The van der Waals surface area contributed by atoms with Crippen LogP contribution in [0.3, 0.4) is 0 Å². The Morgan fingerprint density at radius 3 is 2.65 bits per heavy atom. The second-order valence-electron chi connectivity index (χ2n) is 6.08. The number of aromatic nitrogens is 1. The summed E-state index contributed by atoms with van der Waals surface area (Å²) in [6.07, 6.45) is 0. The SMILES string of the molecule is CC(C)NC(=O)c1csc(-c2ccccc2OCc2ccc(F)cc2)n1. The van der Waals surface area contributed by atoms with Crippen LogP contribution in [0.1, 0.15) is 29.9 Å². The van der Waals surface area contributed by atoms with Gasteiger partial charge in [-0.25, -0.2) is 9.37 Å². The fraction of sp³-hybridized carbons (Fsp3) is 0.200. The van der Waals surface area contributed by atoms with Gasteiger partial charge >= 0.3 is 0 Å². The minimum atomic E-state index is -0.274. The molecular formula is C20H19FN2O2S. The van der Waals surface area contributed by atoms with Gasteiger partial charge in [0.05, 0.1) is 5.56 Å². The van der Waals surface area contributed by atoms with Crippen LogP contribution in [0.2, 0.25) is 0 Å². The standard InChI is InChI=1S/C20H19FN2O2S/c1-13(2)22-19(24)17-12-26-20(23-17)16-5-3-4-6-18(16)25-11-14-7-9-15(21)10-8-14/h3-10,12-13H,11H2,1-2H3,(H,22,24). The Hall–Kier alpha value is -2.73. The van der Waals surface area contributed by atoms with E-state index in [4.69, 9.17) is 4.74 Å². The van der Waals surface area contributed by atoms with Gasteiger partial charge in [0.2, 0.25) is 0 Å². The van der Waals surface area contributed by atoms with Gasteiger partial charge in [-0.2, -0.15) is 0 Å². The molecule has 0 radical (unpaired) electrons. The van der Waals surface area contributed by atoms with E-state index in [0.717, 1.165) is 11.1 Å². The highest BCUT2D eigenvalue weighted by atomic mass is 32.1. The Morgan fingerprint density at radius 2 is 1.92 bits per heavy atom. The van der Waals surface area contributed by atoms with E-state index in [1.807, 2.05) is 38.1 Å². The molecule has 0 unspecified atom stereocenters. The molecule has 0 saturated carbocycles. The summed E-state index contributed by atoms with van der Waals surface area (Å²) in [7, 11) is 0. The van der Waals surface area contributed by atoms with E-state index >= 15 is 0 Å². The normalized spacial score (nSPS) is 10.8. The minimum absolute atomic E-state index is 0.0546. The molecule has 0 atom stereocenters. The summed E-state index contributed by atoms with van der Waals surface area (Å²) in [6.45, 7) is 4.14. The molecule has 0 fully saturated rings. The van der Waals surface area contributed by atoms with Crippen molar-refractivity contribution < 1.29 is 13.9 Å². The van der Waals surface area contributed by atoms with Crippen LogP contribution in [0.4, 0.5) is 4.39 Å². The van der Waals surface area contributed by atoms with E-state index < -0.39 is 0 Å². The van der Waals surface area contributed by atoms with Crippen molar-refractivity contribution in [2.45, 2.75) is 26.5 Å². The van der Waals surface area contributed by atoms with E-state index in [0.29, 0.717) is 23.1 Å². The number of ether oxygens (including phenoxy) is 1. The summed E-state index contributed by atoms with van der Waals surface area (Å²) in [4.78, 5) is 16.5. The molecule has 3 rings (SSSR count). The van der Waals surface area contributed by atoms with Crippen LogP contribution in [-0.2, 0) is 6.61 Å². The molecule has 0 aliphatic carbocycles. The molecule has 1 heterocycles. The zero-order chi connectivity index (χ0) is 18.5. The molecular weight excluding hydrogens is 351 g/mol. The first kappa shape index (κ1) is 18.1. The highest BCUT2D eigenvalue weighted by molar-refractivity contribution is 7.13. The maximum Gasteiger partial charge on any atom is 0.270 e. The second kappa shape index (κ2) is 8.10. The fourth-order valence-electron chi connectivity index (χ4n) is 2.35. The van der Waals surface area contributed by atoms with E-state index in [-0.39, 0.29) is 17.8 Å². The van der Waals surface area contributed by atoms with Crippen LogP contribution < -0.4 is 10.1 Å². The molecule has 6 heteroatoms. The number of rotatable bonds is 6. The van der Waals surface area contributed by atoms with E-state index in [2.05, 4.69) is 10.3 Å². The highest BCUT2D eigenvalue weighted by Gasteiger charge is 2.15. The second-order valence-corrected chi connectivity index (χ2v) is 6.94. The van der Waals surface area contributed by atoms with Crippen molar-refractivity contribution in [1.29, 1.82) is 0 Å². The lowest BCUT2D eigenvalue weighted by Crippen LogP contribution is -2.30. The molecule has 1 N–H and O–H groups in total. The molecule has 3 aromatic rings. The number of amides is 1. The lowest BCUT2D eigenvalue weighted by atomic mass is 10.2. The predicted molar refractivity (Wildman–Crippen MR) is 101 cm³/mol. The zero-order valence-corrected chi connectivity index (χ0v) is 15.3. The molecule has 4 nitrogen and oxygen atoms in total. The van der Waals surface area contributed by atoms with Crippen molar-refractivity contribution in [2.24, 2.45) is 0 Å². The maximum atomic E-state index is 13.0. The van der Waals surface area contributed by atoms with Gasteiger partial charge in [-0.05, 0) is 43.7 Å². The predicted octanol–water partition coefficient (Wildman–Crippen LogP) is 4.67. The zero-order valence-electron chi connectivity index (χ0n) is 14.5. The summed E-state index contributed by atoms with van der Waals surface area (Å²) in [5.74, 6) is 0.207. The topological polar surface area (TPSA) is 51.2 Å². The molecule has 0 bridgehead atoms. The van der Waals surface area contributed by atoms with Crippen molar-refractivity contribution in [3.05, 3.63) is 71.0 Å². The Kier molecular flexibility index (Phi) is 5.63. The van der Waals surface area contributed by atoms with Gasteiger partial charge in [0, 0.05) is 11.4 Å². The monoisotopic (exact) mass is 370 g/mol. The van der Waals surface area contributed by atoms with Crippen molar-refractivity contribution in [3.63, 3.8) is 0 Å². The molecule has 26 heavy (non-hydrogen) atoms. The number of nitrogens with zero attached hydrogens (tertiary/aromatic N) is 1. The third kappa shape index (κ3) is 4.46. The van der Waals surface area contributed by atoms with Crippen LogP contribution in [0.15, 0.2) is 53.9 Å². The smallest absolute Gasteiger partial charge is 0.270 e. The van der Waals surface area contributed by atoms with E-state index in [1.54, 1.807) is 17.5 Å². The van der Waals surface area contributed by atoms with Gasteiger partial charge in [-0.15, -0.1) is 11.3 Å². The van der Waals surface area contributed by atoms with Gasteiger partial charge in [-0.1, -0.05) is 24.3 Å². The fourth-order valence-corrected chi connectivity index (χ4v) is 3.18. The first-order valence-electron chi connectivity index (χ1n) is 8.26. The summed E-state index contributed by atoms with van der Waals surface area (Å²) < 4.78 is 18.9. The molecule has 1 amide bonds. The number of nitrogens with one attached hydrogen (secondary N) is 1. The largest absolute Gasteiger partial charge is 0.488 e. The van der Waals surface area contributed by atoms with Crippen LogP contribution in [0.5, 0.6) is 5.75 Å². The Balaban J connectivity index is 1.78. The number of hydrogen-bond acceptors (Lipinski definition) is 4. The summed E-state index contributed by atoms with van der Waals surface area (Å²) in [5, 5.41) is 5.29. The van der Waals surface area contributed by atoms with Crippen molar-refractivity contribution in [1.82, 2.24) is 10.3 Å². The number of hydrogen-bond donors (Lipinski definition) is 1. The van der Waals surface area contributed by atoms with Gasteiger partial charge in [0.15, 0.2) is 0 Å². The highest BCUT2D eigenvalue weighted by Crippen LogP contribution is 2.32. The Labute approximate surface area is 155 Å². The van der Waals surface area contributed by atoms with Crippen LogP contribution in [0, 0.1) is 5.82 Å². The summed E-state index contributed by atoms with van der Waals surface area (Å²) in [5.41, 5.74) is 2.09. The first-order valence-corrected chi connectivity index (χ1v) is 9.14. The van der Waals surface area contributed by atoms with E-state index in [9.17, 15) is 9.18 Å². The third-order valence-electron chi connectivity index (χ3n) is 3.58. The third-order valence-corrected chi connectivity index (χ3v) is 4.46. The average molecular weight is 370 g/mol. The first-order chi connectivity index (χ1) is 12.5. The maximum absolute atomic E-state index is 13.0. The number of halogens is 1. The van der Waals surface area contributed by atoms with E-state index in [1.165, 1.54) is 23.5 Å². The number of thiazole rings is 1. The van der Waals surface area contributed by atoms with Crippen LogP contribution in [-0.4, -0.2) is 16.9 Å². The summed E-state index contributed by atoms with van der Waals surface area (Å²) >= 11 is 1.39. The lowest BCUT2D eigenvalue weighted by Gasteiger charge is -2.10. The molecule has 0 saturated heterocycles. The lowest BCUT2D eigenvalue weighted by molar-refractivity contribution is 0.0939. The number of carbonyl (C=O) groups excluding carboxylic acids is 1. The Morgan fingerprint density at radius 1 is 1.19 bits per heavy atom. The Bertz CT molecular complexity index is 891. The van der Waals surface area contributed by atoms with Gasteiger partial charge in [0.25, 0.3) is 5.91 Å².